The molecular formula is C16H12BrFN2O. The summed E-state index contributed by atoms with van der Waals surface area (Å²) in [6.45, 7) is 1.99. The summed E-state index contributed by atoms with van der Waals surface area (Å²) in [6, 6.07) is 12.5. The van der Waals surface area contributed by atoms with E-state index in [0.717, 1.165) is 22.3 Å². The molecule has 0 bridgehead atoms. The van der Waals surface area contributed by atoms with Crippen molar-refractivity contribution >= 4 is 21.8 Å². The Hall–Kier alpha value is -2.14. The number of nitrogens with two attached hydrogens (primary N) is 1. The molecule has 21 heavy (non-hydrogen) atoms. The molecule has 0 unspecified atom stereocenters. The maximum Gasteiger partial charge on any atom is 0.230 e. The van der Waals surface area contributed by atoms with Crippen molar-refractivity contribution in [1.29, 1.82) is 0 Å². The van der Waals surface area contributed by atoms with Gasteiger partial charge >= 0.3 is 0 Å². The molecule has 5 heteroatoms. The van der Waals surface area contributed by atoms with Gasteiger partial charge in [0.15, 0.2) is 0 Å². The number of halogens is 2. The van der Waals surface area contributed by atoms with Gasteiger partial charge in [-0.05, 0) is 52.2 Å². The zero-order valence-electron chi connectivity index (χ0n) is 11.2. The molecule has 0 radical (unpaired) electrons. The Labute approximate surface area is 129 Å². The van der Waals surface area contributed by atoms with Gasteiger partial charge in [0.1, 0.15) is 11.5 Å². The molecule has 3 nitrogen and oxygen atoms in total. The number of benzene rings is 2. The lowest BCUT2D eigenvalue weighted by Crippen LogP contribution is -1.90. The lowest BCUT2D eigenvalue weighted by atomic mass is 9.97. The van der Waals surface area contributed by atoms with Gasteiger partial charge in [-0.15, -0.1) is 0 Å². The lowest BCUT2D eigenvalue weighted by molar-refractivity contribution is 0.439. The zero-order chi connectivity index (χ0) is 15.0. The van der Waals surface area contributed by atoms with Gasteiger partial charge in [0.2, 0.25) is 5.88 Å². The first-order valence-electron chi connectivity index (χ1n) is 6.34. The van der Waals surface area contributed by atoms with Crippen molar-refractivity contribution in [3.05, 3.63) is 58.3 Å². The van der Waals surface area contributed by atoms with Crippen LogP contribution in [0, 0.1) is 12.7 Å². The molecule has 0 aliphatic heterocycles. The number of nitrogens with zero attached hydrogens (tertiary/aromatic N) is 1. The summed E-state index contributed by atoms with van der Waals surface area (Å²) in [6.07, 6.45) is 0. The second-order valence-electron chi connectivity index (χ2n) is 4.71. The first-order chi connectivity index (χ1) is 10.1. The number of rotatable bonds is 2. The van der Waals surface area contributed by atoms with Crippen molar-refractivity contribution in [2.24, 2.45) is 0 Å². The van der Waals surface area contributed by atoms with Crippen LogP contribution in [0.1, 0.15) is 5.56 Å². The molecule has 0 spiro atoms. The highest BCUT2D eigenvalue weighted by Gasteiger charge is 2.19. The maximum atomic E-state index is 13.4. The number of nitrogen functional groups attached to an aromatic ring is 1. The third-order valence-corrected chi connectivity index (χ3v) is 3.93. The molecule has 3 rings (SSSR count). The molecule has 0 amide bonds. The Morgan fingerprint density at radius 3 is 2.67 bits per heavy atom. The molecular weight excluding hydrogens is 335 g/mol. The molecule has 2 N–H and O–H groups in total. The van der Waals surface area contributed by atoms with Crippen LogP contribution in [0.5, 0.6) is 0 Å². The van der Waals surface area contributed by atoms with E-state index in [0.29, 0.717) is 10.2 Å². The quantitative estimate of drug-likeness (QED) is 0.724. The first-order valence-corrected chi connectivity index (χ1v) is 7.14. The SMILES string of the molecule is Cc1ccccc1-c1c(-c2ccc(F)c(Br)c2)noc1N. The second kappa shape index (κ2) is 5.33. The van der Waals surface area contributed by atoms with Crippen LogP contribution in [0.25, 0.3) is 22.4 Å². The Balaban J connectivity index is 2.22. The summed E-state index contributed by atoms with van der Waals surface area (Å²) in [5.74, 6) is -0.0765. The molecule has 3 aromatic rings. The minimum Gasteiger partial charge on any atom is -0.367 e. The van der Waals surface area contributed by atoms with Crippen LogP contribution < -0.4 is 5.73 Å². The summed E-state index contributed by atoms with van der Waals surface area (Å²) >= 11 is 3.18. The molecule has 0 saturated heterocycles. The molecule has 1 aromatic heterocycles. The number of anilines is 1. The van der Waals surface area contributed by atoms with Gasteiger partial charge in [0.25, 0.3) is 0 Å². The van der Waals surface area contributed by atoms with Crippen molar-refractivity contribution < 1.29 is 8.91 Å². The van der Waals surface area contributed by atoms with E-state index in [1.165, 1.54) is 6.07 Å². The fourth-order valence-electron chi connectivity index (χ4n) is 2.26. The molecule has 0 aliphatic carbocycles. The van der Waals surface area contributed by atoms with Gasteiger partial charge in [-0.1, -0.05) is 29.4 Å². The average molecular weight is 347 g/mol. The molecule has 0 fully saturated rings. The number of aryl methyl sites for hydroxylation is 1. The van der Waals surface area contributed by atoms with E-state index in [1.54, 1.807) is 12.1 Å². The van der Waals surface area contributed by atoms with Crippen LogP contribution >= 0.6 is 15.9 Å². The molecule has 1 heterocycles. The van der Waals surface area contributed by atoms with Crippen molar-refractivity contribution in [3.63, 3.8) is 0 Å². The fraction of sp³-hybridized carbons (Fsp3) is 0.0625. The highest BCUT2D eigenvalue weighted by Crippen LogP contribution is 2.38. The summed E-state index contributed by atoms with van der Waals surface area (Å²) < 4.78 is 18.9. The summed E-state index contributed by atoms with van der Waals surface area (Å²) in [7, 11) is 0. The van der Waals surface area contributed by atoms with E-state index < -0.39 is 0 Å². The predicted molar refractivity (Wildman–Crippen MR) is 84.2 cm³/mol. The highest BCUT2D eigenvalue weighted by molar-refractivity contribution is 9.10. The van der Waals surface area contributed by atoms with Crippen LogP contribution in [0.2, 0.25) is 0 Å². The first kappa shape index (κ1) is 13.8. The monoisotopic (exact) mass is 346 g/mol. The van der Waals surface area contributed by atoms with Gasteiger partial charge in [-0.25, -0.2) is 4.39 Å². The molecule has 106 valence electrons. The Bertz CT molecular complexity index is 814. The molecule has 0 saturated carbocycles. The van der Waals surface area contributed by atoms with Gasteiger partial charge in [-0.3, -0.25) is 0 Å². The van der Waals surface area contributed by atoms with Crippen LogP contribution in [0.15, 0.2) is 51.5 Å². The van der Waals surface area contributed by atoms with E-state index in [-0.39, 0.29) is 11.7 Å². The second-order valence-corrected chi connectivity index (χ2v) is 5.57. The van der Waals surface area contributed by atoms with Crippen molar-refractivity contribution in [2.75, 3.05) is 5.73 Å². The zero-order valence-corrected chi connectivity index (χ0v) is 12.8. The van der Waals surface area contributed by atoms with E-state index >= 15 is 0 Å². The van der Waals surface area contributed by atoms with Gasteiger partial charge < -0.3 is 10.3 Å². The topological polar surface area (TPSA) is 52.0 Å². The minimum atomic E-state index is -0.326. The minimum absolute atomic E-state index is 0.250. The van der Waals surface area contributed by atoms with Crippen LogP contribution in [0.3, 0.4) is 0 Å². The van der Waals surface area contributed by atoms with Crippen LogP contribution in [-0.4, -0.2) is 5.16 Å². The highest BCUT2D eigenvalue weighted by atomic mass is 79.9. The Kier molecular flexibility index (Phi) is 3.51. The largest absolute Gasteiger partial charge is 0.367 e. The smallest absolute Gasteiger partial charge is 0.230 e. The Morgan fingerprint density at radius 1 is 1.19 bits per heavy atom. The maximum absolute atomic E-state index is 13.4. The third kappa shape index (κ3) is 2.45. The van der Waals surface area contributed by atoms with Crippen molar-refractivity contribution in [2.45, 2.75) is 6.92 Å². The van der Waals surface area contributed by atoms with E-state index in [1.807, 2.05) is 31.2 Å². The van der Waals surface area contributed by atoms with Crippen molar-refractivity contribution in [3.8, 4) is 22.4 Å². The molecule has 2 aromatic carbocycles. The van der Waals surface area contributed by atoms with E-state index in [2.05, 4.69) is 21.1 Å². The summed E-state index contributed by atoms with van der Waals surface area (Å²) in [4.78, 5) is 0. The van der Waals surface area contributed by atoms with Crippen LogP contribution in [-0.2, 0) is 0 Å². The molecule has 0 atom stereocenters. The lowest BCUT2D eigenvalue weighted by Gasteiger charge is -2.06. The fourth-order valence-corrected chi connectivity index (χ4v) is 2.64. The van der Waals surface area contributed by atoms with Gasteiger partial charge in [0.05, 0.1) is 10.0 Å². The van der Waals surface area contributed by atoms with Gasteiger partial charge in [-0.2, -0.15) is 0 Å². The van der Waals surface area contributed by atoms with E-state index in [4.69, 9.17) is 10.3 Å². The summed E-state index contributed by atoms with van der Waals surface area (Å²) in [5.41, 5.74) is 10.0. The predicted octanol–water partition coefficient (Wildman–Crippen LogP) is 4.80. The number of hydrogen-bond acceptors (Lipinski definition) is 3. The van der Waals surface area contributed by atoms with Crippen molar-refractivity contribution in [1.82, 2.24) is 5.16 Å². The average Bonchev–Trinajstić information content (AvgIpc) is 2.84. The number of aromatic nitrogens is 1. The third-order valence-electron chi connectivity index (χ3n) is 3.33. The van der Waals surface area contributed by atoms with E-state index in [9.17, 15) is 4.39 Å². The Morgan fingerprint density at radius 2 is 1.95 bits per heavy atom. The van der Waals surface area contributed by atoms with Gasteiger partial charge in [0, 0.05) is 5.56 Å². The standard InChI is InChI=1S/C16H12BrFN2O/c1-9-4-2-3-5-11(9)14-15(20-21-16(14)19)10-6-7-13(18)12(17)8-10/h2-8H,19H2,1H3. The molecule has 0 aliphatic rings. The normalized spacial score (nSPS) is 10.8. The number of hydrogen-bond donors (Lipinski definition) is 1. The van der Waals surface area contributed by atoms with Crippen LogP contribution in [0.4, 0.5) is 10.3 Å². The summed E-state index contributed by atoms with van der Waals surface area (Å²) in [5, 5.41) is 4.03.